The molecule has 4 nitrogen and oxygen atoms in total. The molecular weight excluding hydrogens is 416 g/mol. The Morgan fingerprint density at radius 3 is 1.79 bits per heavy atom. The van der Waals surface area contributed by atoms with Crippen LogP contribution in [-0.2, 0) is 12.6 Å². The third-order valence-corrected chi connectivity index (χ3v) is 6.23. The van der Waals surface area contributed by atoms with Crippen molar-refractivity contribution in [1.29, 1.82) is 0 Å². The highest BCUT2D eigenvalue weighted by molar-refractivity contribution is 5.85. The van der Waals surface area contributed by atoms with E-state index < -0.39 is 5.54 Å². The van der Waals surface area contributed by atoms with Gasteiger partial charge in [0.15, 0.2) is 0 Å². The molecule has 34 heavy (non-hydrogen) atoms. The van der Waals surface area contributed by atoms with Crippen molar-refractivity contribution in [1.82, 2.24) is 19.1 Å². The summed E-state index contributed by atoms with van der Waals surface area (Å²) in [6.45, 7) is 4.12. The maximum Gasteiger partial charge on any atom is 0.132 e. The largest absolute Gasteiger partial charge is 0.335 e. The summed E-state index contributed by atoms with van der Waals surface area (Å²) in [6.07, 6.45) is 11.5. The number of aryl methyl sites for hydroxylation is 1. The van der Waals surface area contributed by atoms with Crippen molar-refractivity contribution in [2.75, 3.05) is 0 Å². The van der Waals surface area contributed by atoms with Gasteiger partial charge in [0.05, 0.1) is 18.2 Å². The van der Waals surface area contributed by atoms with Gasteiger partial charge in [-0.15, -0.1) is 0 Å². The average molecular weight is 443 g/mol. The van der Waals surface area contributed by atoms with Crippen molar-refractivity contribution in [2.45, 2.75) is 5.54 Å². The highest BCUT2D eigenvalue weighted by Crippen LogP contribution is 2.42. The van der Waals surface area contributed by atoms with Crippen molar-refractivity contribution in [2.24, 2.45) is 7.05 Å². The first-order chi connectivity index (χ1) is 16.7. The van der Waals surface area contributed by atoms with Gasteiger partial charge in [0.25, 0.3) is 0 Å². The van der Waals surface area contributed by atoms with E-state index in [4.69, 9.17) is 0 Å². The topological polar surface area (TPSA) is 35.6 Å². The molecule has 0 saturated heterocycles. The fourth-order valence-electron chi connectivity index (χ4n) is 4.62. The Labute approximate surface area is 200 Å². The Morgan fingerprint density at radius 2 is 1.35 bits per heavy atom. The number of hydrogen-bond donors (Lipinski definition) is 0. The van der Waals surface area contributed by atoms with Crippen LogP contribution in [-0.4, -0.2) is 19.1 Å². The monoisotopic (exact) mass is 442 g/mol. The van der Waals surface area contributed by atoms with E-state index in [-0.39, 0.29) is 0 Å². The van der Waals surface area contributed by atoms with Crippen LogP contribution in [0.1, 0.15) is 28.2 Å². The van der Waals surface area contributed by atoms with Gasteiger partial charge in [0.1, 0.15) is 11.4 Å². The van der Waals surface area contributed by atoms with Crippen molar-refractivity contribution < 1.29 is 0 Å². The van der Waals surface area contributed by atoms with Crippen molar-refractivity contribution in [3.8, 4) is 0 Å². The summed E-state index contributed by atoms with van der Waals surface area (Å²) >= 11 is 0. The molecule has 0 N–H and O–H groups in total. The first-order valence-corrected chi connectivity index (χ1v) is 11.3. The summed E-state index contributed by atoms with van der Waals surface area (Å²) in [7, 11) is 1.99. The lowest BCUT2D eigenvalue weighted by molar-refractivity contribution is 0.510. The summed E-state index contributed by atoms with van der Waals surface area (Å²) in [5.41, 5.74) is 4.69. The number of nitrogens with zero attached hydrogens (tertiary/aromatic N) is 4. The van der Waals surface area contributed by atoms with E-state index in [0.717, 1.165) is 33.8 Å². The maximum absolute atomic E-state index is 4.63. The zero-order valence-electron chi connectivity index (χ0n) is 19.1. The molecule has 0 spiro atoms. The van der Waals surface area contributed by atoms with E-state index in [9.17, 15) is 0 Å². The fraction of sp³-hybridized carbons (Fsp3) is 0.0667. The van der Waals surface area contributed by atoms with Crippen molar-refractivity contribution >= 4 is 11.6 Å². The Bertz CT molecular complexity index is 1310. The van der Waals surface area contributed by atoms with Gasteiger partial charge >= 0.3 is 0 Å². The number of benzene rings is 3. The molecule has 4 heteroatoms. The summed E-state index contributed by atoms with van der Waals surface area (Å²) in [4.78, 5) is 9.12. The molecule has 2 aromatic heterocycles. The smallest absolute Gasteiger partial charge is 0.132 e. The second kappa shape index (κ2) is 9.20. The van der Waals surface area contributed by atoms with Crippen LogP contribution in [0.5, 0.6) is 0 Å². The second-order valence-corrected chi connectivity index (χ2v) is 8.16. The molecule has 5 aromatic rings. The molecule has 0 fully saturated rings. The second-order valence-electron chi connectivity index (χ2n) is 8.16. The zero-order valence-corrected chi connectivity index (χ0v) is 19.1. The Morgan fingerprint density at radius 1 is 0.824 bits per heavy atom. The maximum atomic E-state index is 4.63. The quantitative estimate of drug-likeness (QED) is 0.223. The molecule has 0 bridgehead atoms. The lowest BCUT2D eigenvalue weighted by atomic mass is 9.76. The van der Waals surface area contributed by atoms with Gasteiger partial charge < -0.3 is 9.13 Å². The molecule has 0 aliphatic heterocycles. The zero-order chi connectivity index (χ0) is 23.4. The standard InChI is InChI=1S/C30H26N4/c1-3-24(21-29-32-19-20-33(29)2)28-22-31-23-34(28)30(25-13-7-4-8-14-25,26-15-9-5-10-16-26)27-17-11-6-12-18-27/h3-23H,1H2,2H3/b24-21+. The van der Waals surface area contributed by atoms with Gasteiger partial charge in [-0.2, -0.15) is 0 Å². The van der Waals surface area contributed by atoms with E-state index in [1.54, 1.807) is 6.20 Å². The van der Waals surface area contributed by atoms with E-state index in [0.29, 0.717) is 0 Å². The summed E-state index contributed by atoms with van der Waals surface area (Å²) in [6, 6.07) is 31.8. The molecule has 0 radical (unpaired) electrons. The van der Waals surface area contributed by atoms with E-state index in [1.165, 1.54) is 0 Å². The molecule has 3 aromatic carbocycles. The van der Waals surface area contributed by atoms with E-state index in [1.807, 2.05) is 42.5 Å². The first-order valence-electron chi connectivity index (χ1n) is 11.3. The molecule has 0 amide bonds. The molecule has 0 unspecified atom stereocenters. The minimum Gasteiger partial charge on any atom is -0.335 e. The Balaban J connectivity index is 1.86. The van der Waals surface area contributed by atoms with Crippen LogP contribution in [0.4, 0.5) is 0 Å². The Kier molecular flexibility index (Phi) is 5.79. The fourth-order valence-corrected chi connectivity index (χ4v) is 4.62. The van der Waals surface area contributed by atoms with Crippen LogP contribution in [0.15, 0.2) is 129 Å². The molecule has 0 aliphatic carbocycles. The number of allylic oxidation sites excluding steroid dienone is 2. The van der Waals surface area contributed by atoms with Crippen molar-refractivity contribution in [3.63, 3.8) is 0 Å². The van der Waals surface area contributed by atoms with Crippen LogP contribution in [0.2, 0.25) is 0 Å². The third-order valence-electron chi connectivity index (χ3n) is 6.23. The predicted octanol–water partition coefficient (Wildman–Crippen LogP) is 6.18. The van der Waals surface area contributed by atoms with Crippen LogP contribution < -0.4 is 0 Å². The lowest BCUT2D eigenvalue weighted by Gasteiger charge is -2.38. The average Bonchev–Trinajstić information content (AvgIpc) is 3.54. The molecule has 0 aliphatic rings. The predicted molar refractivity (Wildman–Crippen MR) is 138 cm³/mol. The van der Waals surface area contributed by atoms with Gasteiger partial charge in [-0.25, -0.2) is 9.97 Å². The van der Waals surface area contributed by atoms with Crippen LogP contribution in [0.3, 0.4) is 0 Å². The lowest BCUT2D eigenvalue weighted by Crippen LogP contribution is -2.38. The van der Waals surface area contributed by atoms with Crippen LogP contribution in [0, 0.1) is 0 Å². The number of rotatable bonds is 7. The molecule has 0 saturated carbocycles. The van der Waals surface area contributed by atoms with Crippen LogP contribution in [0.25, 0.3) is 11.6 Å². The third kappa shape index (κ3) is 3.59. The molecule has 166 valence electrons. The summed E-state index contributed by atoms with van der Waals surface area (Å²) < 4.78 is 4.24. The number of aromatic nitrogens is 4. The van der Waals surface area contributed by atoms with Gasteiger partial charge in [0.2, 0.25) is 0 Å². The summed E-state index contributed by atoms with van der Waals surface area (Å²) in [5, 5.41) is 0. The Hall–Kier alpha value is -4.44. The van der Waals surface area contributed by atoms with Crippen molar-refractivity contribution in [3.05, 3.63) is 157 Å². The normalized spacial score (nSPS) is 12.0. The van der Waals surface area contributed by atoms with Crippen LogP contribution >= 0.6 is 0 Å². The minimum absolute atomic E-state index is 0.640. The van der Waals surface area contributed by atoms with Gasteiger partial charge in [0, 0.05) is 25.0 Å². The van der Waals surface area contributed by atoms with Gasteiger partial charge in [-0.3, -0.25) is 0 Å². The van der Waals surface area contributed by atoms with E-state index >= 15 is 0 Å². The minimum atomic E-state index is -0.640. The van der Waals surface area contributed by atoms with E-state index in [2.05, 4.69) is 112 Å². The first kappa shape index (κ1) is 21.4. The highest BCUT2D eigenvalue weighted by Gasteiger charge is 2.39. The SMILES string of the molecule is C=C/C(=C\c1nccn1C)c1cncn1C(c1ccccc1)(c1ccccc1)c1ccccc1. The molecule has 2 heterocycles. The number of hydrogen-bond acceptors (Lipinski definition) is 2. The molecule has 5 rings (SSSR count). The number of imidazole rings is 2. The summed E-state index contributed by atoms with van der Waals surface area (Å²) in [5.74, 6) is 0.854. The van der Waals surface area contributed by atoms with Gasteiger partial charge in [-0.05, 0) is 22.8 Å². The van der Waals surface area contributed by atoms with Gasteiger partial charge in [-0.1, -0.05) is 104 Å². The molecule has 0 atom stereocenters. The highest BCUT2D eigenvalue weighted by atomic mass is 15.1. The molecular formula is C30H26N4.